The van der Waals surface area contributed by atoms with E-state index in [0.717, 1.165) is 24.1 Å². The molecule has 3 aromatic rings. The largest absolute Gasteiger partial charge is 0.431 e. The van der Waals surface area contributed by atoms with Crippen molar-refractivity contribution < 1.29 is 30.8 Å². The maximum atomic E-state index is 13.0. The number of anilines is 3. The molecular formula is C22H26F3N7O4S. The van der Waals surface area contributed by atoms with Crippen molar-refractivity contribution in [3.63, 3.8) is 0 Å². The Hall–Kier alpha value is -3.72. The Bertz CT molecular complexity index is 1340. The highest BCUT2D eigenvalue weighted by Crippen LogP contribution is 2.33. The fourth-order valence-corrected chi connectivity index (χ4v) is 3.80. The van der Waals surface area contributed by atoms with Gasteiger partial charge in [0.1, 0.15) is 6.26 Å². The minimum absolute atomic E-state index is 0.0138. The normalized spacial score (nSPS) is 12.0. The molecule has 0 radical (unpaired) electrons. The fourth-order valence-electron chi connectivity index (χ4n) is 2.97. The number of alkyl halides is 3. The first-order chi connectivity index (χ1) is 17.3. The average Bonchev–Trinajstić information content (AvgIpc) is 3.28. The van der Waals surface area contributed by atoms with Gasteiger partial charge in [0.05, 0.1) is 5.56 Å². The van der Waals surface area contributed by atoms with Gasteiger partial charge >= 0.3 is 16.4 Å². The van der Waals surface area contributed by atoms with Crippen LogP contribution in [0.4, 0.5) is 30.8 Å². The van der Waals surface area contributed by atoms with Crippen molar-refractivity contribution in [2.24, 2.45) is 0 Å². The van der Waals surface area contributed by atoms with Gasteiger partial charge in [-0.3, -0.25) is 4.79 Å². The van der Waals surface area contributed by atoms with Gasteiger partial charge in [-0.15, -0.1) is 0 Å². The molecule has 2 aromatic heterocycles. The Kier molecular flexibility index (Phi) is 8.70. The van der Waals surface area contributed by atoms with Gasteiger partial charge < -0.3 is 15.1 Å². The number of aryl methyl sites for hydroxylation is 1. The molecule has 0 aliphatic carbocycles. The monoisotopic (exact) mass is 541 g/mol. The fraction of sp³-hybridized carbons (Fsp3) is 0.364. The third-order valence-electron chi connectivity index (χ3n) is 4.97. The van der Waals surface area contributed by atoms with E-state index < -0.39 is 27.9 Å². The number of halogens is 3. The zero-order chi connectivity index (χ0) is 27.2. The Morgan fingerprint density at radius 1 is 1.14 bits per heavy atom. The zero-order valence-corrected chi connectivity index (χ0v) is 21.0. The molecule has 1 aromatic carbocycles. The third kappa shape index (κ3) is 8.15. The van der Waals surface area contributed by atoms with Gasteiger partial charge in [-0.1, -0.05) is 19.9 Å². The molecule has 0 fully saturated rings. The quantitative estimate of drug-likeness (QED) is 0.266. The maximum absolute atomic E-state index is 13.0. The van der Waals surface area contributed by atoms with Crippen LogP contribution in [0.25, 0.3) is 0 Å². The van der Waals surface area contributed by atoms with Crippen LogP contribution in [0.5, 0.6) is 0 Å². The summed E-state index contributed by atoms with van der Waals surface area (Å²) in [5.41, 5.74) is 0.137. The van der Waals surface area contributed by atoms with Gasteiger partial charge in [-0.2, -0.15) is 31.3 Å². The van der Waals surface area contributed by atoms with Crippen molar-refractivity contribution in [1.29, 1.82) is 0 Å². The number of nitrogens with zero attached hydrogens (tertiary/aromatic N) is 3. The number of rotatable bonds is 11. The second kappa shape index (κ2) is 11.6. The highest BCUT2D eigenvalue weighted by molar-refractivity contribution is 7.88. The SMILES string of the molecule is Cc1ccc(C(F)(F)F)cc1Nc1nc(C(=O)NS(=O)(=O)NCCCNc2nccc(C(C)C)n2)co1. The predicted octanol–water partition coefficient (Wildman–Crippen LogP) is 3.73. The van der Waals surface area contributed by atoms with E-state index >= 15 is 0 Å². The van der Waals surface area contributed by atoms with E-state index in [-0.39, 0.29) is 29.9 Å². The average molecular weight is 542 g/mol. The van der Waals surface area contributed by atoms with Crippen molar-refractivity contribution in [1.82, 2.24) is 24.4 Å². The van der Waals surface area contributed by atoms with Crippen molar-refractivity contribution in [2.75, 3.05) is 23.7 Å². The third-order valence-corrected chi connectivity index (χ3v) is 6.01. The number of carbonyl (C=O) groups is 1. The summed E-state index contributed by atoms with van der Waals surface area (Å²) in [4.78, 5) is 24.5. The lowest BCUT2D eigenvalue weighted by Crippen LogP contribution is -2.41. The smallest absolute Gasteiger partial charge is 0.416 e. The molecule has 0 saturated carbocycles. The van der Waals surface area contributed by atoms with Gasteiger partial charge in [-0.25, -0.2) is 14.7 Å². The number of amides is 1. The highest BCUT2D eigenvalue weighted by atomic mass is 32.2. The van der Waals surface area contributed by atoms with Crippen molar-refractivity contribution in [3.05, 3.63) is 59.2 Å². The number of carbonyl (C=O) groups excluding carboxylic acids is 1. The van der Waals surface area contributed by atoms with E-state index in [4.69, 9.17) is 4.42 Å². The van der Waals surface area contributed by atoms with E-state index in [9.17, 15) is 26.4 Å². The number of hydrogen-bond donors (Lipinski definition) is 4. The summed E-state index contributed by atoms with van der Waals surface area (Å²) in [6.45, 7) is 5.97. The maximum Gasteiger partial charge on any atom is 0.416 e. The molecule has 3 rings (SSSR count). The Labute approximate surface area is 211 Å². The van der Waals surface area contributed by atoms with Crippen LogP contribution in [0.15, 0.2) is 41.1 Å². The van der Waals surface area contributed by atoms with E-state index in [2.05, 4.69) is 30.3 Å². The molecule has 0 aliphatic rings. The highest BCUT2D eigenvalue weighted by Gasteiger charge is 2.31. The molecular weight excluding hydrogens is 515 g/mol. The summed E-state index contributed by atoms with van der Waals surface area (Å²) >= 11 is 0. The zero-order valence-electron chi connectivity index (χ0n) is 20.2. The van der Waals surface area contributed by atoms with Crippen LogP contribution in [0.2, 0.25) is 0 Å². The molecule has 2 heterocycles. The molecule has 200 valence electrons. The van der Waals surface area contributed by atoms with Crippen LogP contribution >= 0.6 is 0 Å². The van der Waals surface area contributed by atoms with E-state index in [1.807, 2.05) is 19.9 Å². The lowest BCUT2D eigenvalue weighted by atomic mass is 10.1. The van der Waals surface area contributed by atoms with Crippen LogP contribution in [0.1, 0.15) is 53.5 Å². The molecule has 0 aliphatic heterocycles. The number of benzene rings is 1. The Morgan fingerprint density at radius 3 is 2.59 bits per heavy atom. The lowest BCUT2D eigenvalue weighted by Gasteiger charge is -2.11. The minimum atomic E-state index is -4.55. The number of oxazole rings is 1. The van der Waals surface area contributed by atoms with E-state index in [1.54, 1.807) is 17.8 Å². The molecule has 0 saturated heterocycles. The lowest BCUT2D eigenvalue weighted by molar-refractivity contribution is -0.137. The first-order valence-electron chi connectivity index (χ1n) is 11.1. The van der Waals surface area contributed by atoms with Gasteiger partial charge in [0, 0.05) is 30.7 Å². The predicted molar refractivity (Wildman–Crippen MR) is 130 cm³/mol. The molecule has 1 amide bonds. The van der Waals surface area contributed by atoms with Gasteiger partial charge in [0.2, 0.25) is 5.95 Å². The Balaban J connectivity index is 1.49. The first kappa shape index (κ1) is 27.9. The molecule has 0 unspecified atom stereocenters. The second-order valence-corrected chi connectivity index (χ2v) is 9.76. The first-order valence-corrected chi connectivity index (χ1v) is 12.6. The van der Waals surface area contributed by atoms with Gasteiger partial charge in [-0.05, 0) is 43.0 Å². The molecule has 0 atom stereocenters. The molecule has 0 spiro atoms. The summed E-state index contributed by atoms with van der Waals surface area (Å²) in [6.07, 6.45) is -1.66. The summed E-state index contributed by atoms with van der Waals surface area (Å²) in [5, 5.41) is 5.55. The summed E-state index contributed by atoms with van der Waals surface area (Å²) in [5.74, 6) is -0.416. The number of aromatic nitrogens is 3. The summed E-state index contributed by atoms with van der Waals surface area (Å²) in [7, 11) is -4.21. The molecule has 4 N–H and O–H groups in total. The van der Waals surface area contributed by atoms with Crippen LogP contribution in [0, 0.1) is 6.92 Å². The number of nitrogens with one attached hydrogen (secondary N) is 4. The van der Waals surface area contributed by atoms with Crippen LogP contribution < -0.4 is 20.1 Å². The summed E-state index contributed by atoms with van der Waals surface area (Å²) < 4.78 is 72.3. The van der Waals surface area contributed by atoms with Crippen LogP contribution in [-0.4, -0.2) is 42.4 Å². The van der Waals surface area contributed by atoms with E-state index in [0.29, 0.717) is 24.5 Å². The topological polar surface area (TPSA) is 151 Å². The van der Waals surface area contributed by atoms with E-state index in [1.165, 1.54) is 6.07 Å². The molecule has 15 heteroatoms. The standard InChI is InChI=1S/C22H26F3N7O4S/c1-13(2)16-7-10-27-20(29-16)26-8-4-9-28-37(34,35)32-19(33)18-12-36-21(31-18)30-17-11-15(22(23,24)25)6-5-14(17)3/h5-7,10-13,28H,4,8-9H2,1-3H3,(H,30,31)(H,32,33)(H,26,27,29). The Morgan fingerprint density at radius 2 is 1.89 bits per heavy atom. The van der Waals surface area contributed by atoms with Crippen LogP contribution in [0.3, 0.4) is 0 Å². The number of hydrogen-bond acceptors (Lipinski definition) is 9. The minimum Gasteiger partial charge on any atom is -0.431 e. The molecule has 37 heavy (non-hydrogen) atoms. The summed E-state index contributed by atoms with van der Waals surface area (Å²) in [6, 6.07) is 4.60. The van der Waals surface area contributed by atoms with Crippen molar-refractivity contribution in [3.8, 4) is 0 Å². The molecule has 11 nitrogen and oxygen atoms in total. The van der Waals surface area contributed by atoms with Gasteiger partial charge in [0.25, 0.3) is 11.9 Å². The second-order valence-electron chi connectivity index (χ2n) is 8.26. The molecule has 0 bridgehead atoms. The van der Waals surface area contributed by atoms with Crippen molar-refractivity contribution >= 4 is 33.8 Å². The van der Waals surface area contributed by atoms with Gasteiger partial charge in [0.15, 0.2) is 5.69 Å². The van der Waals surface area contributed by atoms with Crippen molar-refractivity contribution in [2.45, 2.75) is 39.3 Å². The van der Waals surface area contributed by atoms with Crippen LogP contribution in [-0.2, 0) is 16.4 Å².